The zero-order chi connectivity index (χ0) is 18.0. The number of hydrogen-bond donors (Lipinski definition) is 2. The predicted molar refractivity (Wildman–Crippen MR) is 100 cm³/mol. The van der Waals surface area contributed by atoms with E-state index in [4.69, 9.17) is 0 Å². The minimum absolute atomic E-state index is 0.127. The summed E-state index contributed by atoms with van der Waals surface area (Å²) in [4.78, 5) is 27.0. The van der Waals surface area contributed by atoms with Crippen molar-refractivity contribution in [2.24, 2.45) is 5.92 Å². The number of carbonyl (C=O) groups is 2. The molecule has 3 fully saturated rings. The van der Waals surface area contributed by atoms with Crippen molar-refractivity contribution in [1.82, 2.24) is 15.6 Å². The van der Waals surface area contributed by atoms with Crippen LogP contribution in [0, 0.1) is 5.92 Å². The quantitative estimate of drug-likeness (QED) is 0.875. The van der Waals surface area contributed by atoms with Crippen LogP contribution in [0.3, 0.4) is 0 Å². The second-order valence-corrected chi connectivity index (χ2v) is 7.88. The minimum Gasteiger partial charge on any atom is -0.342 e. The Hall–Kier alpha value is -2.08. The maximum atomic E-state index is 12.6. The van der Waals surface area contributed by atoms with Gasteiger partial charge in [-0.2, -0.15) is 0 Å². The molecule has 3 amide bonds. The van der Waals surface area contributed by atoms with E-state index < -0.39 is 5.66 Å². The molecule has 4 rings (SSSR count). The highest BCUT2D eigenvalue weighted by Crippen LogP contribution is 2.30. The van der Waals surface area contributed by atoms with Crippen LogP contribution in [-0.4, -0.2) is 35.6 Å². The highest BCUT2D eigenvalue weighted by molar-refractivity contribution is 5.93. The Morgan fingerprint density at radius 1 is 1.08 bits per heavy atom. The smallest absolute Gasteiger partial charge is 0.338 e. The summed E-state index contributed by atoms with van der Waals surface area (Å²) in [6.07, 6.45) is 8.43. The zero-order valence-electron chi connectivity index (χ0n) is 15.2. The van der Waals surface area contributed by atoms with Crippen LogP contribution in [0.25, 0.3) is 0 Å². The Bertz CT molecular complexity index is 649. The van der Waals surface area contributed by atoms with Crippen molar-refractivity contribution in [3.05, 3.63) is 30.3 Å². The van der Waals surface area contributed by atoms with Gasteiger partial charge < -0.3 is 10.2 Å². The number of para-hydroxylation sites is 1. The van der Waals surface area contributed by atoms with Crippen molar-refractivity contribution in [1.29, 1.82) is 0 Å². The summed E-state index contributed by atoms with van der Waals surface area (Å²) in [6.45, 7) is 1.39. The van der Waals surface area contributed by atoms with E-state index in [2.05, 4.69) is 10.7 Å². The molecule has 0 bridgehead atoms. The Kier molecular flexibility index (Phi) is 4.85. The van der Waals surface area contributed by atoms with Gasteiger partial charge in [-0.25, -0.2) is 15.2 Å². The van der Waals surface area contributed by atoms with E-state index >= 15 is 0 Å². The fourth-order valence-corrected chi connectivity index (χ4v) is 4.45. The first kappa shape index (κ1) is 17.3. The summed E-state index contributed by atoms with van der Waals surface area (Å²) in [5.74, 6) is 0.862. The van der Waals surface area contributed by atoms with Crippen LogP contribution in [0.5, 0.6) is 0 Å². The molecule has 2 heterocycles. The molecule has 2 saturated heterocycles. The molecule has 1 aliphatic carbocycles. The van der Waals surface area contributed by atoms with Crippen molar-refractivity contribution in [3.63, 3.8) is 0 Å². The average Bonchev–Trinajstić information content (AvgIpc) is 2.99. The first-order valence-corrected chi connectivity index (χ1v) is 9.88. The first-order valence-electron chi connectivity index (χ1n) is 9.88. The standard InChI is InChI=1S/C20H28N4O2/c25-18(15-16-7-3-1-4-8-16)23-13-11-20(12-14-23)21-19(26)24(22-20)17-9-5-2-6-10-17/h2,5-6,9-10,16,22H,1,3-4,7-8,11-15H2,(H,21,26). The lowest BCUT2D eigenvalue weighted by molar-refractivity contribution is -0.134. The summed E-state index contributed by atoms with van der Waals surface area (Å²) in [7, 11) is 0. The van der Waals surface area contributed by atoms with Gasteiger partial charge in [-0.15, -0.1) is 0 Å². The third-order valence-corrected chi connectivity index (χ3v) is 6.05. The number of benzene rings is 1. The molecule has 2 aliphatic heterocycles. The van der Waals surface area contributed by atoms with Gasteiger partial charge in [0.05, 0.1) is 5.69 Å². The van der Waals surface area contributed by atoms with Crippen molar-refractivity contribution in [2.75, 3.05) is 18.1 Å². The number of nitrogens with one attached hydrogen (secondary N) is 2. The molecule has 6 heteroatoms. The SMILES string of the molecule is O=C(CC1CCCCC1)N1CCC2(CC1)NC(=O)N(c1ccccc1)N2. The second-order valence-electron chi connectivity index (χ2n) is 7.88. The van der Waals surface area contributed by atoms with E-state index in [-0.39, 0.29) is 11.9 Å². The van der Waals surface area contributed by atoms with Crippen LogP contribution in [-0.2, 0) is 4.79 Å². The molecule has 6 nitrogen and oxygen atoms in total. The van der Waals surface area contributed by atoms with Crippen molar-refractivity contribution < 1.29 is 9.59 Å². The Morgan fingerprint density at radius 2 is 1.77 bits per heavy atom. The molecule has 0 atom stereocenters. The van der Waals surface area contributed by atoms with Crippen LogP contribution in [0.4, 0.5) is 10.5 Å². The molecular weight excluding hydrogens is 328 g/mol. The van der Waals surface area contributed by atoms with E-state index in [1.807, 2.05) is 35.2 Å². The molecule has 1 aromatic rings. The molecule has 1 spiro atoms. The molecule has 26 heavy (non-hydrogen) atoms. The topological polar surface area (TPSA) is 64.7 Å². The molecule has 1 saturated carbocycles. The number of hydrogen-bond acceptors (Lipinski definition) is 3. The van der Waals surface area contributed by atoms with Crippen LogP contribution in [0.2, 0.25) is 0 Å². The number of rotatable bonds is 3. The lowest BCUT2D eigenvalue weighted by Gasteiger charge is -2.39. The maximum absolute atomic E-state index is 12.6. The van der Waals surface area contributed by atoms with Gasteiger partial charge in [0.1, 0.15) is 5.66 Å². The minimum atomic E-state index is -0.436. The first-order chi connectivity index (χ1) is 12.7. The summed E-state index contributed by atoms with van der Waals surface area (Å²) in [5.41, 5.74) is 3.74. The molecule has 140 valence electrons. The van der Waals surface area contributed by atoms with Crippen LogP contribution in [0.15, 0.2) is 30.3 Å². The fraction of sp³-hybridized carbons (Fsp3) is 0.600. The van der Waals surface area contributed by atoms with Gasteiger partial charge in [0.2, 0.25) is 5.91 Å². The van der Waals surface area contributed by atoms with Crippen molar-refractivity contribution in [3.8, 4) is 0 Å². The van der Waals surface area contributed by atoms with Crippen LogP contribution < -0.4 is 15.8 Å². The summed E-state index contributed by atoms with van der Waals surface area (Å²) < 4.78 is 0. The number of anilines is 1. The number of hydrazine groups is 1. The molecule has 0 aromatic heterocycles. The van der Waals surface area contributed by atoms with Gasteiger partial charge in [-0.05, 0) is 30.9 Å². The average molecular weight is 356 g/mol. The zero-order valence-corrected chi connectivity index (χ0v) is 15.2. The third-order valence-electron chi connectivity index (χ3n) is 6.05. The van der Waals surface area contributed by atoms with E-state index in [1.54, 1.807) is 5.01 Å². The molecule has 2 N–H and O–H groups in total. The Balaban J connectivity index is 1.33. The second kappa shape index (κ2) is 7.27. The van der Waals surface area contributed by atoms with Gasteiger partial charge in [-0.3, -0.25) is 4.79 Å². The van der Waals surface area contributed by atoms with Gasteiger partial charge in [0, 0.05) is 32.4 Å². The summed E-state index contributed by atoms with van der Waals surface area (Å²) in [6, 6.07) is 9.47. The highest BCUT2D eigenvalue weighted by atomic mass is 16.2. The normalized spacial score (nSPS) is 23.3. The maximum Gasteiger partial charge on any atom is 0.338 e. The number of urea groups is 1. The van der Waals surface area contributed by atoms with Gasteiger partial charge >= 0.3 is 6.03 Å². The Morgan fingerprint density at radius 3 is 2.46 bits per heavy atom. The lowest BCUT2D eigenvalue weighted by atomic mass is 9.86. The molecule has 0 unspecified atom stereocenters. The largest absolute Gasteiger partial charge is 0.342 e. The van der Waals surface area contributed by atoms with E-state index in [9.17, 15) is 9.59 Å². The van der Waals surface area contributed by atoms with E-state index in [0.29, 0.717) is 25.4 Å². The van der Waals surface area contributed by atoms with E-state index in [0.717, 1.165) is 18.5 Å². The number of likely N-dealkylation sites (tertiary alicyclic amines) is 1. The number of amides is 3. The van der Waals surface area contributed by atoms with Crippen molar-refractivity contribution >= 4 is 17.6 Å². The van der Waals surface area contributed by atoms with Gasteiger partial charge in [-0.1, -0.05) is 37.5 Å². The third kappa shape index (κ3) is 3.56. The van der Waals surface area contributed by atoms with Crippen LogP contribution >= 0.6 is 0 Å². The van der Waals surface area contributed by atoms with Gasteiger partial charge in [0.25, 0.3) is 0 Å². The predicted octanol–water partition coefficient (Wildman–Crippen LogP) is 3.01. The number of piperidine rings is 1. The fourth-order valence-electron chi connectivity index (χ4n) is 4.45. The molecular formula is C20H28N4O2. The van der Waals surface area contributed by atoms with Crippen LogP contribution in [0.1, 0.15) is 51.4 Å². The molecule has 0 radical (unpaired) electrons. The molecule has 1 aromatic carbocycles. The highest BCUT2D eigenvalue weighted by Gasteiger charge is 2.45. The van der Waals surface area contributed by atoms with Gasteiger partial charge in [0.15, 0.2) is 0 Å². The lowest BCUT2D eigenvalue weighted by Crippen LogP contribution is -2.58. The number of nitrogens with zero attached hydrogens (tertiary/aromatic N) is 2. The monoisotopic (exact) mass is 356 g/mol. The van der Waals surface area contributed by atoms with E-state index in [1.165, 1.54) is 32.1 Å². The van der Waals surface area contributed by atoms with Crippen molar-refractivity contribution in [2.45, 2.75) is 57.0 Å². The Labute approximate surface area is 154 Å². The number of carbonyl (C=O) groups excluding carboxylic acids is 2. The summed E-state index contributed by atoms with van der Waals surface area (Å²) >= 11 is 0. The summed E-state index contributed by atoms with van der Waals surface area (Å²) in [5, 5.41) is 4.68. The molecule has 3 aliphatic rings.